The first kappa shape index (κ1) is 20.6. The lowest BCUT2D eigenvalue weighted by atomic mass is 9.96. The van der Waals surface area contributed by atoms with Gasteiger partial charge in [0.2, 0.25) is 0 Å². The Hall–Kier alpha value is -3.08. The molecule has 1 heterocycles. The molecule has 0 fully saturated rings. The van der Waals surface area contributed by atoms with E-state index in [0.717, 1.165) is 12.0 Å². The molecule has 1 amide bonds. The Balaban J connectivity index is 1.82. The number of fused-ring (bicyclic) bond motifs is 1. The maximum Gasteiger partial charge on any atom is 0.349 e. The molecule has 3 aromatic rings. The summed E-state index contributed by atoms with van der Waals surface area (Å²) in [7, 11) is 0. The van der Waals surface area contributed by atoms with Crippen molar-refractivity contribution in [3.05, 3.63) is 75.6 Å². The van der Waals surface area contributed by atoms with Crippen molar-refractivity contribution in [1.29, 1.82) is 0 Å². The van der Waals surface area contributed by atoms with Crippen molar-refractivity contribution in [2.75, 3.05) is 6.61 Å². The average molecular weight is 393 g/mol. The van der Waals surface area contributed by atoms with Gasteiger partial charge in [0.15, 0.2) is 11.3 Å². The highest BCUT2D eigenvalue weighted by atomic mass is 16.5. The number of para-hydroxylation sites is 1. The van der Waals surface area contributed by atoms with E-state index in [4.69, 9.17) is 9.15 Å². The number of amides is 1. The quantitative estimate of drug-likeness (QED) is 0.561. The molecular formula is C24H27NO4. The summed E-state index contributed by atoms with van der Waals surface area (Å²) in [6.45, 7) is 8.56. The van der Waals surface area contributed by atoms with Gasteiger partial charge in [-0.1, -0.05) is 50.2 Å². The first-order valence-electron chi connectivity index (χ1n) is 10.0. The number of hydrogen-bond acceptors (Lipinski definition) is 4. The summed E-state index contributed by atoms with van der Waals surface area (Å²) < 4.78 is 10.9. The highest BCUT2D eigenvalue weighted by molar-refractivity contribution is 5.97. The lowest BCUT2D eigenvalue weighted by Gasteiger charge is -2.16. The molecule has 2 atom stereocenters. The minimum absolute atomic E-state index is 0.0192. The largest absolute Gasteiger partial charge is 0.490 e. The summed E-state index contributed by atoms with van der Waals surface area (Å²) in [5.74, 6) is 0.530. The first-order valence-corrected chi connectivity index (χ1v) is 10.0. The van der Waals surface area contributed by atoms with Crippen LogP contribution in [0.2, 0.25) is 0 Å². The van der Waals surface area contributed by atoms with Gasteiger partial charge in [-0.05, 0) is 49.4 Å². The summed E-state index contributed by atoms with van der Waals surface area (Å²) in [4.78, 5) is 25.1. The summed E-state index contributed by atoms with van der Waals surface area (Å²) in [5.41, 5.74) is 1.91. The molecule has 1 N–H and O–H groups in total. The molecule has 0 aliphatic heterocycles. The van der Waals surface area contributed by atoms with E-state index in [2.05, 4.69) is 31.3 Å². The topological polar surface area (TPSA) is 68.5 Å². The maximum atomic E-state index is 12.7. The van der Waals surface area contributed by atoms with Gasteiger partial charge in [-0.2, -0.15) is 0 Å². The maximum absolute atomic E-state index is 12.7. The van der Waals surface area contributed by atoms with Gasteiger partial charge in [0.1, 0.15) is 5.56 Å². The van der Waals surface area contributed by atoms with Gasteiger partial charge in [0.25, 0.3) is 5.91 Å². The van der Waals surface area contributed by atoms with Crippen LogP contribution in [0.4, 0.5) is 0 Å². The molecule has 1 aromatic heterocycles. The van der Waals surface area contributed by atoms with Crippen molar-refractivity contribution in [2.24, 2.45) is 0 Å². The summed E-state index contributed by atoms with van der Waals surface area (Å²) >= 11 is 0. The Morgan fingerprint density at radius 1 is 1.07 bits per heavy atom. The summed E-state index contributed by atoms with van der Waals surface area (Å²) in [6, 6.07) is 14.9. The predicted molar refractivity (Wildman–Crippen MR) is 115 cm³/mol. The lowest BCUT2D eigenvalue weighted by molar-refractivity contribution is 0.0936. The third kappa shape index (κ3) is 4.50. The van der Waals surface area contributed by atoms with Crippen LogP contribution in [0.3, 0.4) is 0 Å². The molecule has 152 valence electrons. The fraction of sp³-hybridized carbons (Fsp3) is 0.333. The van der Waals surface area contributed by atoms with Crippen molar-refractivity contribution < 1.29 is 13.9 Å². The van der Waals surface area contributed by atoms with Gasteiger partial charge in [0.05, 0.1) is 12.6 Å². The van der Waals surface area contributed by atoms with Gasteiger partial charge in [0, 0.05) is 5.39 Å². The van der Waals surface area contributed by atoms with Gasteiger partial charge in [-0.15, -0.1) is 0 Å². The number of nitrogens with one attached hydrogen (secondary N) is 1. The van der Waals surface area contributed by atoms with Crippen molar-refractivity contribution in [3.63, 3.8) is 0 Å². The standard InChI is InChI=1S/C24H27NO4/c1-5-15(3)17-10-12-18(13-11-17)16(4)25-23(26)20-14-19-8-7-9-21(28-6-2)22(19)29-24(20)27/h7-16H,5-6H2,1-4H3,(H,25,26)/t15-,16+/m0/s1. The van der Waals surface area contributed by atoms with E-state index in [1.54, 1.807) is 24.3 Å². The Morgan fingerprint density at radius 3 is 2.41 bits per heavy atom. The Bertz CT molecular complexity index is 1050. The molecule has 0 unspecified atom stereocenters. The molecule has 0 spiro atoms. The van der Waals surface area contributed by atoms with E-state index in [9.17, 15) is 9.59 Å². The molecule has 0 aliphatic carbocycles. The van der Waals surface area contributed by atoms with Crippen LogP contribution in [0, 0.1) is 0 Å². The molecule has 0 bridgehead atoms. The van der Waals surface area contributed by atoms with Crippen molar-refractivity contribution in [2.45, 2.75) is 46.1 Å². The monoisotopic (exact) mass is 393 g/mol. The van der Waals surface area contributed by atoms with E-state index in [0.29, 0.717) is 29.2 Å². The van der Waals surface area contributed by atoms with Crippen molar-refractivity contribution in [3.8, 4) is 5.75 Å². The van der Waals surface area contributed by atoms with E-state index >= 15 is 0 Å². The Labute approximate surface area is 170 Å². The van der Waals surface area contributed by atoms with Crippen LogP contribution < -0.4 is 15.7 Å². The zero-order chi connectivity index (χ0) is 21.0. The lowest BCUT2D eigenvalue weighted by Crippen LogP contribution is -2.30. The van der Waals surface area contributed by atoms with Crippen LogP contribution in [0.15, 0.2) is 57.7 Å². The molecule has 2 aromatic carbocycles. The van der Waals surface area contributed by atoms with Gasteiger partial charge < -0.3 is 14.5 Å². The zero-order valence-electron chi connectivity index (χ0n) is 17.3. The smallest absolute Gasteiger partial charge is 0.349 e. The third-order valence-electron chi connectivity index (χ3n) is 5.23. The summed E-state index contributed by atoms with van der Waals surface area (Å²) in [5, 5.41) is 3.53. The third-order valence-corrected chi connectivity index (χ3v) is 5.23. The zero-order valence-corrected chi connectivity index (χ0v) is 17.3. The molecule has 0 saturated carbocycles. The second-order valence-electron chi connectivity index (χ2n) is 7.23. The van der Waals surface area contributed by atoms with E-state index in [1.807, 2.05) is 26.0 Å². The van der Waals surface area contributed by atoms with Crippen molar-refractivity contribution in [1.82, 2.24) is 5.32 Å². The van der Waals surface area contributed by atoms with Crippen LogP contribution in [0.5, 0.6) is 5.75 Å². The van der Waals surface area contributed by atoms with E-state index in [-0.39, 0.29) is 11.6 Å². The van der Waals surface area contributed by atoms with Gasteiger partial charge in [-0.3, -0.25) is 4.79 Å². The predicted octanol–water partition coefficient (Wildman–Crippen LogP) is 5.20. The molecule has 5 heteroatoms. The number of ether oxygens (including phenoxy) is 1. The average Bonchev–Trinajstić information content (AvgIpc) is 2.73. The normalized spacial score (nSPS) is 13.1. The molecule has 3 rings (SSSR count). The highest BCUT2D eigenvalue weighted by Gasteiger charge is 2.18. The molecule has 0 radical (unpaired) electrons. The summed E-state index contributed by atoms with van der Waals surface area (Å²) in [6.07, 6.45) is 1.08. The molecule has 5 nitrogen and oxygen atoms in total. The van der Waals surface area contributed by atoms with Crippen LogP contribution >= 0.6 is 0 Å². The fourth-order valence-corrected chi connectivity index (χ4v) is 3.25. The van der Waals surface area contributed by atoms with E-state index in [1.165, 1.54) is 5.56 Å². The van der Waals surface area contributed by atoms with Crippen LogP contribution in [-0.2, 0) is 0 Å². The second-order valence-corrected chi connectivity index (χ2v) is 7.23. The minimum atomic E-state index is -0.679. The number of hydrogen-bond donors (Lipinski definition) is 1. The van der Waals surface area contributed by atoms with Crippen molar-refractivity contribution >= 4 is 16.9 Å². The number of benzene rings is 2. The molecule has 0 saturated heterocycles. The first-order chi connectivity index (χ1) is 13.9. The molecular weight excluding hydrogens is 366 g/mol. The van der Waals surface area contributed by atoms with Crippen LogP contribution in [0.1, 0.15) is 67.6 Å². The van der Waals surface area contributed by atoms with Crippen LogP contribution in [-0.4, -0.2) is 12.5 Å². The SMILES string of the molecule is CCOc1cccc2cc(C(=O)N[C@H](C)c3ccc([C@@H](C)CC)cc3)c(=O)oc12. The minimum Gasteiger partial charge on any atom is -0.490 e. The number of carbonyl (C=O) groups excluding carboxylic acids is 1. The van der Waals surface area contributed by atoms with Crippen LogP contribution in [0.25, 0.3) is 11.0 Å². The second kappa shape index (κ2) is 8.95. The Kier molecular flexibility index (Phi) is 6.37. The van der Waals surface area contributed by atoms with Gasteiger partial charge in [-0.25, -0.2) is 4.79 Å². The number of carbonyl (C=O) groups is 1. The number of rotatable bonds is 7. The molecule has 29 heavy (non-hydrogen) atoms. The Morgan fingerprint density at radius 2 is 1.76 bits per heavy atom. The highest BCUT2D eigenvalue weighted by Crippen LogP contribution is 2.25. The molecule has 0 aliphatic rings. The fourth-order valence-electron chi connectivity index (χ4n) is 3.25. The van der Waals surface area contributed by atoms with E-state index < -0.39 is 11.5 Å². The van der Waals surface area contributed by atoms with Gasteiger partial charge >= 0.3 is 5.63 Å².